The number of methoxy groups -OCH3 is 1. The van der Waals surface area contributed by atoms with Crippen LogP contribution in [0.15, 0.2) is 28.8 Å². The van der Waals surface area contributed by atoms with Crippen LogP contribution in [0, 0.1) is 5.92 Å². The summed E-state index contributed by atoms with van der Waals surface area (Å²) in [4.78, 5) is 40.2. The third kappa shape index (κ3) is 6.55. The average molecular weight is 528 g/mol. The molecule has 1 aliphatic carbocycles. The molecule has 0 saturated heterocycles. The van der Waals surface area contributed by atoms with Crippen molar-refractivity contribution in [2.24, 2.45) is 5.92 Å². The van der Waals surface area contributed by atoms with E-state index >= 15 is 0 Å². The van der Waals surface area contributed by atoms with Crippen molar-refractivity contribution in [2.75, 3.05) is 17.7 Å². The molecule has 1 aromatic carbocycles. The number of aromatic nitrogens is 4. The number of carbonyl (C=O) groups is 3. The molecule has 2 aromatic heterocycles. The van der Waals surface area contributed by atoms with Gasteiger partial charge < -0.3 is 40.5 Å². The third-order valence-electron chi connectivity index (χ3n) is 5.17. The van der Waals surface area contributed by atoms with Gasteiger partial charge in [0.25, 0.3) is 11.8 Å². The minimum Gasteiger partial charge on any atom is -0.494 e. The first kappa shape index (κ1) is 26.4. The van der Waals surface area contributed by atoms with Crippen LogP contribution in [0.25, 0.3) is 11.5 Å². The monoisotopic (exact) mass is 528 g/mol. The zero-order valence-electron chi connectivity index (χ0n) is 20.2. The summed E-state index contributed by atoms with van der Waals surface area (Å²) in [5.74, 6) is -1.29. The Morgan fingerprint density at radius 2 is 1.92 bits per heavy atom. The van der Waals surface area contributed by atoms with Crippen LogP contribution in [0.2, 0.25) is 0 Å². The fourth-order valence-corrected chi connectivity index (χ4v) is 3.31. The quantitative estimate of drug-likeness (QED) is 0.166. The van der Waals surface area contributed by atoms with Gasteiger partial charge in [-0.25, -0.2) is 0 Å². The number of rotatable bonds is 10. The molecule has 16 heteroatoms. The molecule has 0 bridgehead atoms. The summed E-state index contributed by atoms with van der Waals surface area (Å²) >= 11 is 0. The molecule has 3 amide bonds. The summed E-state index contributed by atoms with van der Waals surface area (Å²) < 4.78 is 10.8. The van der Waals surface area contributed by atoms with E-state index in [9.17, 15) is 29.7 Å². The van der Waals surface area contributed by atoms with Crippen LogP contribution in [-0.2, 0) is 16.1 Å². The second-order valence-electron chi connectivity index (χ2n) is 8.28. The van der Waals surface area contributed by atoms with Crippen molar-refractivity contribution in [1.29, 1.82) is 0 Å². The number of ether oxygens (including phenoxy) is 1. The number of para-hydroxylation sites is 1. The number of hydrogen-bond acceptors (Lipinski definition) is 13. The van der Waals surface area contributed by atoms with Crippen LogP contribution >= 0.6 is 0 Å². The lowest BCUT2D eigenvalue weighted by molar-refractivity contribution is -0.323. The highest BCUT2D eigenvalue weighted by atomic mass is 16.7. The number of benzene rings is 1. The Kier molecular flexibility index (Phi) is 7.47. The maximum atomic E-state index is 12.6. The van der Waals surface area contributed by atoms with Gasteiger partial charge in [0.1, 0.15) is 0 Å². The first-order valence-corrected chi connectivity index (χ1v) is 11.2. The zero-order chi connectivity index (χ0) is 27.4. The molecule has 0 unspecified atom stereocenters. The molecule has 0 atom stereocenters. The van der Waals surface area contributed by atoms with Gasteiger partial charge in [0, 0.05) is 18.9 Å². The van der Waals surface area contributed by atoms with Crippen LogP contribution in [0.4, 0.5) is 17.2 Å². The normalized spacial score (nSPS) is 13.0. The fourth-order valence-electron chi connectivity index (χ4n) is 3.31. The molecular weight excluding hydrogens is 504 g/mol. The van der Waals surface area contributed by atoms with Crippen LogP contribution in [0.1, 0.15) is 36.1 Å². The highest BCUT2D eigenvalue weighted by Gasteiger charge is 2.31. The number of aliphatic hydroxyl groups is 3. The second-order valence-corrected chi connectivity index (χ2v) is 8.28. The smallest absolute Gasteiger partial charge is 0.369 e. The Morgan fingerprint density at radius 1 is 1.16 bits per heavy atom. The summed E-state index contributed by atoms with van der Waals surface area (Å²) in [5, 5.41) is 48.6. The van der Waals surface area contributed by atoms with Gasteiger partial charge >= 0.3 is 6.10 Å². The molecule has 38 heavy (non-hydrogen) atoms. The molecule has 2 heterocycles. The number of nitrogens with zero attached hydrogens (tertiary/aromatic N) is 4. The van der Waals surface area contributed by atoms with Crippen LogP contribution < -0.4 is 26.0 Å². The Morgan fingerprint density at radius 3 is 2.58 bits per heavy atom. The van der Waals surface area contributed by atoms with Gasteiger partial charge in [-0.2, -0.15) is 4.98 Å². The van der Waals surface area contributed by atoms with Crippen LogP contribution in [-0.4, -0.2) is 66.6 Å². The van der Waals surface area contributed by atoms with Crippen molar-refractivity contribution in [2.45, 2.75) is 32.4 Å². The lowest BCUT2D eigenvalue weighted by Gasteiger charge is -2.18. The molecule has 1 fully saturated rings. The Bertz CT molecular complexity index is 1370. The third-order valence-corrected chi connectivity index (χ3v) is 5.17. The molecule has 7 N–H and O–H groups in total. The molecule has 3 aromatic rings. The number of nitrogens with one attached hydrogen (secondary N) is 4. The van der Waals surface area contributed by atoms with E-state index in [1.54, 1.807) is 23.5 Å². The number of amides is 3. The van der Waals surface area contributed by atoms with Crippen molar-refractivity contribution < 1.29 is 39.0 Å². The standard InChI is InChI=1S/C22H24N8O8/c1-10(31)23-9-16-26-21(38-30-16)12-4-3-5-13(18(12)37-2)24-14-8-15(25-19(32)11-6-7-11)28-29-17(14)20(33)27-22(34,35)36/h3-5,8,11,34-36H,6-7,9H2,1-2H3,(H,23,31)(H,27,33)(H2,24,25,28,32). The number of hydrogen-bond donors (Lipinski definition) is 7. The van der Waals surface area contributed by atoms with Gasteiger partial charge in [0.2, 0.25) is 11.8 Å². The van der Waals surface area contributed by atoms with Crippen molar-refractivity contribution in [3.63, 3.8) is 0 Å². The predicted molar refractivity (Wildman–Crippen MR) is 127 cm³/mol. The molecule has 0 radical (unpaired) electrons. The lowest BCUT2D eigenvalue weighted by Crippen LogP contribution is -2.48. The van der Waals surface area contributed by atoms with E-state index in [-0.39, 0.29) is 58.9 Å². The fraction of sp³-hybridized carbons (Fsp3) is 0.318. The van der Waals surface area contributed by atoms with E-state index in [1.807, 2.05) is 0 Å². The molecular formula is C22H24N8O8. The molecule has 4 rings (SSSR count). The van der Waals surface area contributed by atoms with E-state index in [2.05, 4.69) is 36.3 Å². The average Bonchev–Trinajstić information content (AvgIpc) is 3.59. The van der Waals surface area contributed by atoms with E-state index < -0.39 is 17.7 Å². The number of carbonyl (C=O) groups excluding carboxylic acids is 3. The molecule has 16 nitrogen and oxygen atoms in total. The van der Waals surface area contributed by atoms with Gasteiger partial charge in [0.05, 0.1) is 30.6 Å². The zero-order valence-corrected chi connectivity index (χ0v) is 20.2. The number of anilines is 3. The summed E-state index contributed by atoms with van der Waals surface area (Å²) in [7, 11) is 1.38. The Labute approximate surface area is 214 Å². The first-order chi connectivity index (χ1) is 18.0. The maximum absolute atomic E-state index is 12.6. The van der Waals surface area contributed by atoms with Crippen molar-refractivity contribution in [3.05, 3.63) is 35.8 Å². The Balaban J connectivity index is 1.68. The predicted octanol–water partition coefficient (Wildman–Crippen LogP) is -0.419. The second kappa shape index (κ2) is 10.8. The van der Waals surface area contributed by atoms with Crippen molar-refractivity contribution >= 4 is 34.9 Å². The van der Waals surface area contributed by atoms with Crippen molar-refractivity contribution in [1.82, 2.24) is 31.0 Å². The van der Waals surface area contributed by atoms with E-state index in [0.717, 1.165) is 12.8 Å². The lowest BCUT2D eigenvalue weighted by atomic mass is 10.1. The summed E-state index contributed by atoms with van der Waals surface area (Å²) in [6, 6.07) is 6.16. The minimum atomic E-state index is -3.51. The van der Waals surface area contributed by atoms with Crippen molar-refractivity contribution in [3.8, 4) is 17.2 Å². The van der Waals surface area contributed by atoms with Gasteiger partial charge in [-0.05, 0) is 25.0 Å². The molecule has 1 saturated carbocycles. The first-order valence-electron chi connectivity index (χ1n) is 11.2. The summed E-state index contributed by atoms with van der Waals surface area (Å²) in [6.45, 7) is 1.41. The van der Waals surface area contributed by atoms with Crippen LogP contribution in [0.3, 0.4) is 0 Å². The molecule has 0 aliphatic heterocycles. The molecule has 200 valence electrons. The minimum absolute atomic E-state index is 0.0267. The topological polar surface area (TPSA) is 234 Å². The van der Waals surface area contributed by atoms with Gasteiger partial charge in [-0.3, -0.25) is 19.7 Å². The molecule has 0 spiro atoms. The Hall–Kier alpha value is -4.67. The van der Waals surface area contributed by atoms with Gasteiger partial charge in [-0.1, -0.05) is 11.2 Å². The molecule has 1 aliphatic rings. The van der Waals surface area contributed by atoms with E-state index in [0.29, 0.717) is 5.56 Å². The van der Waals surface area contributed by atoms with E-state index in [4.69, 9.17) is 9.26 Å². The highest BCUT2D eigenvalue weighted by Crippen LogP contribution is 2.38. The maximum Gasteiger partial charge on any atom is 0.369 e. The largest absolute Gasteiger partial charge is 0.494 e. The SMILES string of the molecule is COc1c(Nc2cc(NC(=O)C3CC3)nnc2C(=O)NC(O)(O)O)cccc1-c1nc(CNC(C)=O)no1. The summed E-state index contributed by atoms with van der Waals surface area (Å²) in [5.41, 5.74) is 0.185. The van der Waals surface area contributed by atoms with Gasteiger partial charge in [0.15, 0.2) is 23.1 Å². The van der Waals surface area contributed by atoms with Gasteiger partial charge in [-0.15, -0.1) is 10.2 Å². The van der Waals surface area contributed by atoms with Crippen LogP contribution in [0.5, 0.6) is 5.75 Å². The van der Waals surface area contributed by atoms with E-state index in [1.165, 1.54) is 20.1 Å². The highest BCUT2D eigenvalue weighted by molar-refractivity contribution is 6.00. The summed E-state index contributed by atoms with van der Waals surface area (Å²) in [6.07, 6.45) is -2.01.